The maximum atomic E-state index is 12.3. The van der Waals surface area contributed by atoms with Crippen molar-refractivity contribution in [2.24, 2.45) is 0 Å². The molecule has 0 saturated carbocycles. The molecule has 3 rings (SSSR count). The first kappa shape index (κ1) is 23.1. The van der Waals surface area contributed by atoms with Gasteiger partial charge in [-0.25, -0.2) is 0 Å². The van der Waals surface area contributed by atoms with Crippen molar-refractivity contribution < 1.29 is 9.59 Å². The van der Waals surface area contributed by atoms with Gasteiger partial charge in [0.05, 0.1) is 11.1 Å². The lowest BCUT2D eigenvalue weighted by molar-refractivity contribution is 0.0651. The molecule has 0 N–H and O–H groups in total. The zero-order valence-electron chi connectivity index (χ0n) is 17.2. The van der Waals surface area contributed by atoms with Crippen LogP contribution in [0, 0.1) is 0 Å². The van der Waals surface area contributed by atoms with Crippen LogP contribution in [0.5, 0.6) is 0 Å². The molecule has 0 aliphatic carbocycles. The zero-order valence-corrected chi connectivity index (χ0v) is 18.0. The second-order valence-corrected chi connectivity index (χ2v) is 7.65. The summed E-state index contributed by atoms with van der Waals surface area (Å²) < 4.78 is 0. The Kier molecular flexibility index (Phi) is 9.36. The van der Waals surface area contributed by atoms with Crippen LogP contribution >= 0.6 is 12.4 Å². The second kappa shape index (κ2) is 11.7. The third kappa shape index (κ3) is 6.41. The fourth-order valence-corrected chi connectivity index (χ4v) is 3.78. The summed E-state index contributed by atoms with van der Waals surface area (Å²) in [6.07, 6.45) is 6.76. The van der Waals surface area contributed by atoms with E-state index in [0.717, 1.165) is 32.4 Å². The van der Waals surface area contributed by atoms with Crippen molar-refractivity contribution >= 4 is 24.2 Å². The van der Waals surface area contributed by atoms with Crippen LogP contribution in [0.1, 0.15) is 64.8 Å². The van der Waals surface area contributed by atoms with E-state index in [4.69, 9.17) is 0 Å². The Morgan fingerprint density at radius 2 is 1.24 bits per heavy atom. The predicted octanol–water partition coefficient (Wildman–Crippen LogP) is 5.18. The highest BCUT2D eigenvalue weighted by Crippen LogP contribution is 2.22. The van der Waals surface area contributed by atoms with Gasteiger partial charge in [0.1, 0.15) is 0 Å². The van der Waals surface area contributed by atoms with Crippen molar-refractivity contribution in [2.75, 3.05) is 20.1 Å². The summed E-state index contributed by atoms with van der Waals surface area (Å²) in [5.41, 5.74) is 2.46. The summed E-state index contributed by atoms with van der Waals surface area (Å²) in [6.45, 7) is 2.65. The summed E-state index contributed by atoms with van der Waals surface area (Å²) in [6, 6.07) is 17.7. The van der Waals surface area contributed by atoms with Crippen LogP contribution in [0.25, 0.3) is 0 Å². The van der Waals surface area contributed by atoms with Gasteiger partial charge in [0.2, 0.25) is 0 Å². The monoisotopic (exact) mass is 414 g/mol. The second-order valence-electron chi connectivity index (χ2n) is 7.65. The van der Waals surface area contributed by atoms with Crippen LogP contribution in [-0.4, -0.2) is 41.8 Å². The molecule has 2 aromatic rings. The number of imide groups is 1. The van der Waals surface area contributed by atoms with E-state index in [-0.39, 0.29) is 24.2 Å². The Labute approximate surface area is 180 Å². The van der Waals surface area contributed by atoms with Crippen LogP contribution in [0.3, 0.4) is 0 Å². The van der Waals surface area contributed by atoms with Gasteiger partial charge in [-0.2, -0.15) is 0 Å². The molecule has 0 aromatic heterocycles. The van der Waals surface area contributed by atoms with E-state index in [9.17, 15) is 9.59 Å². The molecule has 0 fully saturated rings. The SMILES string of the molecule is CN(CCCCCCCCN1C(=O)c2ccccc2C1=O)Cc1ccccc1.Cl. The van der Waals surface area contributed by atoms with Crippen molar-refractivity contribution in [3.8, 4) is 0 Å². The molecule has 0 bridgehead atoms. The topological polar surface area (TPSA) is 40.6 Å². The number of nitrogens with zero attached hydrogens (tertiary/aromatic N) is 2. The van der Waals surface area contributed by atoms with Crippen LogP contribution in [0.4, 0.5) is 0 Å². The van der Waals surface area contributed by atoms with Crippen molar-refractivity contribution in [1.29, 1.82) is 0 Å². The van der Waals surface area contributed by atoms with Crippen LogP contribution in [0.2, 0.25) is 0 Å². The summed E-state index contributed by atoms with van der Waals surface area (Å²) in [5, 5.41) is 0. The van der Waals surface area contributed by atoms with E-state index in [1.54, 1.807) is 12.1 Å². The number of unbranched alkanes of at least 4 members (excludes halogenated alkanes) is 5. The van der Waals surface area contributed by atoms with Gasteiger partial charge in [0, 0.05) is 13.1 Å². The summed E-state index contributed by atoms with van der Waals surface area (Å²) in [4.78, 5) is 28.4. The van der Waals surface area contributed by atoms with Gasteiger partial charge in [-0.3, -0.25) is 14.5 Å². The van der Waals surface area contributed by atoms with Gasteiger partial charge in [-0.05, 0) is 44.1 Å². The number of hydrogen-bond acceptors (Lipinski definition) is 3. The molecule has 0 spiro atoms. The van der Waals surface area contributed by atoms with Crippen LogP contribution in [-0.2, 0) is 6.54 Å². The predicted molar refractivity (Wildman–Crippen MR) is 120 cm³/mol. The van der Waals surface area contributed by atoms with Crippen molar-refractivity contribution in [1.82, 2.24) is 9.80 Å². The number of amides is 2. The Morgan fingerprint density at radius 3 is 1.86 bits per heavy atom. The Morgan fingerprint density at radius 1 is 0.724 bits per heavy atom. The summed E-state index contributed by atoms with van der Waals surface area (Å²) >= 11 is 0. The molecule has 1 aliphatic rings. The van der Waals surface area contributed by atoms with Gasteiger partial charge in [0.15, 0.2) is 0 Å². The highest BCUT2D eigenvalue weighted by molar-refractivity contribution is 6.21. The Balaban J connectivity index is 0.00000300. The van der Waals surface area contributed by atoms with E-state index in [2.05, 4.69) is 42.3 Å². The minimum Gasteiger partial charge on any atom is -0.302 e. The quantitative estimate of drug-likeness (QED) is 0.376. The van der Waals surface area contributed by atoms with Crippen molar-refractivity contribution in [2.45, 2.75) is 45.1 Å². The number of halogens is 1. The molecule has 0 saturated heterocycles. The molecule has 29 heavy (non-hydrogen) atoms. The minimum atomic E-state index is -0.137. The molecule has 2 amide bonds. The molecule has 0 atom stereocenters. The Bertz CT molecular complexity index is 759. The number of benzene rings is 2. The molecule has 0 unspecified atom stereocenters. The maximum Gasteiger partial charge on any atom is 0.261 e. The lowest BCUT2D eigenvalue weighted by Gasteiger charge is -2.16. The highest BCUT2D eigenvalue weighted by Gasteiger charge is 2.34. The Hall–Kier alpha value is -2.17. The standard InChI is InChI=1S/C24H30N2O2.ClH/c1-25(19-20-13-7-6-8-14-20)17-11-4-2-3-5-12-18-26-23(27)21-15-9-10-16-22(21)24(26)28;/h6-10,13-16H,2-5,11-12,17-19H2,1H3;1H. The number of carbonyl (C=O) groups excluding carboxylic acids is 2. The van der Waals surface area contributed by atoms with E-state index >= 15 is 0 Å². The lowest BCUT2D eigenvalue weighted by Crippen LogP contribution is -2.30. The molecule has 156 valence electrons. The first-order chi connectivity index (χ1) is 13.7. The molecule has 1 aliphatic heterocycles. The third-order valence-corrected chi connectivity index (χ3v) is 5.35. The normalized spacial score (nSPS) is 13.0. The van der Waals surface area contributed by atoms with E-state index in [1.807, 2.05) is 12.1 Å². The number of fused-ring (bicyclic) bond motifs is 1. The molecule has 1 heterocycles. The number of rotatable bonds is 11. The molecular weight excluding hydrogens is 384 g/mol. The summed E-state index contributed by atoms with van der Waals surface area (Å²) in [7, 11) is 2.18. The fourth-order valence-electron chi connectivity index (χ4n) is 3.78. The fraction of sp³-hybridized carbons (Fsp3) is 0.417. The molecule has 2 aromatic carbocycles. The van der Waals surface area contributed by atoms with E-state index in [0.29, 0.717) is 17.7 Å². The summed E-state index contributed by atoms with van der Waals surface area (Å²) in [5.74, 6) is -0.274. The number of carbonyl (C=O) groups is 2. The third-order valence-electron chi connectivity index (χ3n) is 5.35. The smallest absolute Gasteiger partial charge is 0.261 e. The van der Waals surface area contributed by atoms with Crippen molar-refractivity contribution in [3.63, 3.8) is 0 Å². The van der Waals surface area contributed by atoms with Crippen molar-refractivity contribution in [3.05, 3.63) is 71.3 Å². The van der Waals surface area contributed by atoms with Gasteiger partial charge >= 0.3 is 0 Å². The van der Waals surface area contributed by atoms with E-state index in [1.165, 1.54) is 29.7 Å². The highest BCUT2D eigenvalue weighted by atomic mass is 35.5. The largest absolute Gasteiger partial charge is 0.302 e. The van der Waals surface area contributed by atoms with E-state index < -0.39 is 0 Å². The average molecular weight is 415 g/mol. The minimum absolute atomic E-state index is 0. The van der Waals surface area contributed by atoms with Gasteiger partial charge in [-0.15, -0.1) is 12.4 Å². The van der Waals surface area contributed by atoms with Gasteiger partial charge in [-0.1, -0.05) is 68.1 Å². The first-order valence-corrected chi connectivity index (χ1v) is 10.3. The molecule has 0 radical (unpaired) electrons. The first-order valence-electron chi connectivity index (χ1n) is 10.3. The zero-order chi connectivity index (χ0) is 19.8. The number of hydrogen-bond donors (Lipinski definition) is 0. The average Bonchev–Trinajstić information content (AvgIpc) is 2.95. The van der Waals surface area contributed by atoms with Crippen LogP contribution in [0.15, 0.2) is 54.6 Å². The van der Waals surface area contributed by atoms with Crippen LogP contribution < -0.4 is 0 Å². The van der Waals surface area contributed by atoms with Gasteiger partial charge < -0.3 is 4.90 Å². The van der Waals surface area contributed by atoms with Gasteiger partial charge in [0.25, 0.3) is 11.8 Å². The molecular formula is C24H31ClN2O2. The maximum absolute atomic E-state index is 12.3. The molecule has 5 heteroatoms. The lowest BCUT2D eigenvalue weighted by atomic mass is 10.1. The molecule has 4 nitrogen and oxygen atoms in total.